The molecule has 0 radical (unpaired) electrons. The molecule has 0 unspecified atom stereocenters. The molecule has 5 nitrogen and oxygen atoms in total. The van der Waals surface area contributed by atoms with Crippen molar-refractivity contribution in [1.82, 2.24) is 10.2 Å². The second kappa shape index (κ2) is 7.42. The lowest BCUT2D eigenvalue weighted by atomic mass is 9.96. The first-order chi connectivity index (χ1) is 9.70. The third-order valence-electron chi connectivity index (χ3n) is 3.47. The molecule has 0 aliphatic carbocycles. The monoisotopic (exact) mass is 308 g/mol. The minimum Gasteiger partial charge on any atom is -0.348 e. The number of piperidine rings is 1. The van der Waals surface area contributed by atoms with Crippen LogP contribution in [0.1, 0.15) is 32.6 Å². The SMILES string of the molecule is CC(=O)CCC(=O)N1CCC(CNC(=O)C(F)(F)F)CC1. The maximum absolute atomic E-state index is 12.0. The van der Waals surface area contributed by atoms with Gasteiger partial charge in [-0.25, -0.2) is 0 Å². The number of halogens is 3. The molecule has 21 heavy (non-hydrogen) atoms. The van der Waals surface area contributed by atoms with Crippen molar-refractivity contribution in [2.45, 2.75) is 38.8 Å². The van der Waals surface area contributed by atoms with Gasteiger partial charge in [0.25, 0.3) is 0 Å². The van der Waals surface area contributed by atoms with Gasteiger partial charge in [0.1, 0.15) is 5.78 Å². The van der Waals surface area contributed by atoms with Gasteiger partial charge in [0.2, 0.25) is 5.91 Å². The summed E-state index contributed by atoms with van der Waals surface area (Å²) in [7, 11) is 0. The summed E-state index contributed by atoms with van der Waals surface area (Å²) in [4.78, 5) is 34.9. The number of hydrogen-bond acceptors (Lipinski definition) is 3. The molecule has 120 valence electrons. The van der Waals surface area contributed by atoms with Crippen LogP contribution in [-0.4, -0.2) is 48.3 Å². The standard InChI is InChI=1S/C13H19F3N2O3/c1-9(19)2-3-11(20)18-6-4-10(5-7-18)8-17-12(21)13(14,15)16/h10H,2-8H2,1H3,(H,17,21). The molecule has 8 heteroatoms. The van der Waals surface area contributed by atoms with Crippen LogP contribution in [0.5, 0.6) is 0 Å². The number of hydrogen-bond donors (Lipinski definition) is 1. The van der Waals surface area contributed by atoms with Crippen LogP contribution in [0.15, 0.2) is 0 Å². The molecule has 0 saturated carbocycles. The van der Waals surface area contributed by atoms with E-state index in [1.807, 2.05) is 5.32 Å². The van der Waals surface area contributed by atoms with Gasteiger partial charge in [-0.2, -0.15) is 13.2 Å². The number of likely N-dealkylation sites (tertiary alicyclic amines) is 1. The zero-order valence-electron chi connectivity index (χ0n) is 11.8. The Morgan fingerprint density at radius 1 is 1.14 bits per heavy atom. The van der Waals surface area contributed by atoms with Crippen molar-refractivity contribution >= 4 is 17.6 Å². The molecule has 0 spiro atoms. The first kappa shape index (κ1) is 17.5. The fourth-order valence-corrected chi connectivity index (χ4v) is 2.16. The Balaban J connectivity index is 2.27. The summed E-state index contributed by atoms with van der Waals surface area (Å²) in [5, 5.41) is 1.86. The van der Waals surface area contributed by atoms with E-state index in [2.05, 4.69) is 0 Å². The minimum absolute atomic E-state index is 0.0339. The number of rotatable bonds is 5. The van der Waals surface area contributed by atoms with Crippen molar-refractivity contribution in [3.8, 4) is 0 Å². The number of amides is 2. The molecule has 1 aliphatic rings. The van der Waals surface area contributed by atoms with Gasteiger partial charge in [-0.05, 0) is 25.7 Å². The molecule has 1 N–H and O–H groups in total. The van der Waals surface area contributed by atoms with Gasteiger partial charge in [0.05, 0.1) is 0 Å². The fourth-order valence-electron chi connectivity index (χ4n) is 2.16. The Kier molecular flexibility index (Phi) is 6.17. The van der Waals surface area contributed by atoms with Crippen LogP contribution in [0, 0.1) is 5.92 Å². The number of nitrogens with zero attached hydrogens (tertiary/aromatic N) is 1. The maximum Gasteiger partial charge on any atom is 0.471 e. The van der Waals surface area contributed by atoms with Gasteiger partial charge in [0.15, 0.2) is 0 Å². The Hall–Kier alpha value is -1.60. The highest BCUT2D eigenvalue weighted by molar-refractivity contribution is 5.83. The van der Waals surface area contributed by atoms with E-state index in [1.165, 1.54) is 6.92 Å². The van der Waals surface area contributed by atoms with Gasteiger partial charge < -0.3 is 15.0 Å². The van der Waals surface area contributed by atoms with E-state index >= 15 is 0 Å². The number of carbonyl (C=O) groups is 3. The number of alkyl halides is 3. The van der Waals surface area contributed by atoms with E-state index in [0.29, 0.717) is 25.9 Å². The molecule has 2 amide bonds. The summed E-state index contributed by atoms with van der Waals surface area (Å²) < 4.78 is 36.1. The van der Waals surface area contributed by atoms with Gasteiger partial charge in [0, 0.05) is 32.5 Å². The van der Waals surface area contributed by atoms with Crippen molar-refractivity contribution in [1.29, 1.82) is 0 Å². The largest absolute Gasteiger partial charge is 0.471 e. The zero-order valence-corrected chi connectivity index (χ0v) is 11.8. The smallest absolute Gasteiger partial charge is 0.348 e. The summed E-state index contributed by atoms with van der Waals surface area (Å²) in [6, 6.07) is 0. The summed E-state index contributed by atoms with van der Waals surface area (Å²) in [5.74, 6) is -2.15. The summed E-state index contributed by atoms with van der Waals surface area (Å²) in [6.07, 6.45) is -3.39. The minimum atomic E-state index is -4.86. The van der Waals surface area contributed by atoms with Crippen molar-refractivity contribution < 1.29 is 27.6 Å². The van der Waals surface area contributed by atoms with Gasteiger partial charge in [-0.3, -0.25) is 9.59 Å². The Morgan fingerprint density at radius 3 is 2.19 bits per heavy atom. The van der Waals surface area contributed by atoms with E-state index in [1.54, 1.807) is 4.90 Å². The molecule has 0 atom stereocenters. The van der Waals surface area contributed by atoms with Gasteiger partial charge >= 0.3 is 12.1 Å². The lowest BCUT2D eigenvalue weighted by Crippen LogP contribution is -2.44. The summed E-state index contributed by atoms with van der Waals surface area (Å²) >= 11 is 0. The zero-order chi connectivity index (χ0) is 16.0. The maximum atomic E-state index is 12.0. The number of nitrogens with one attached hydrogen (secondary N) is 1. The molecular weight excluding hydrogens is 289 g/mol. The average Bonchev–Trinajstić information content (AvgIpc) is 2.41. The predicted molar refractivity (Wildman–Crippen MR) is 68.3 cm³/mol. The van der Waals surface area contributed by atoms with Crippen LogP contribution in [0.3, 0.4) is 0 Å². The average molecular weight is 308 g/mol. The molecule has 1 fully saturated rings. The molecule has 1 heterocycles. The Morgan fingerprint density at radius 2 is 1.71 bits per heavy atom. The molecule has 0 aromatic heterocycles. The highest BCUT2D eigenvalue weighted by Gasteiger charge is 2.38. The van der Waals surface area contributed by atoms with Gasteiger partial charge in [-0.1, -0.05) is 0 Å². The Bertz CT molecular complexity index is 402. The number of carbonyl (C=O) groups excluding carboxylic acids is 3. The highest BCUT2D eigenvalue weighted by atomic mass is 19.4. The predicted octanol–water partition coefficient (Wildman–Crippen LogP) is 1.27. The molecule has 0 aromatic rings. The highest BCUT2D eigenvalue weighted by Crippen LogP contribution is 2.19. The normalized spacial score (nSPS) is 16.7. The summed E-state index contributed by atoms with van der Waals surface area (Å²) in [6.45, 7) is 2.28. The van der Waals surface area contributed by atoms with Crippen LogP contribution >= 0.6 is 0 Å². The third kappa shape index (κ3) is 6.14. The Labute approximate surface area is 120 Å². The summed E-state index contributed by atoms with van der Waals surface area (Å²) in [5.41, 5.74) is 0. The lowest BCUT2D eigenvalue weighted by Gasteiger charge is -2.32. The van der Waals surface area contributed by atoms with Crippen molar-refractivity contribution in [2.75, 3.05) is 19.6 Å². The van der Waals surface area contributed by atoms with Crippen molar-refractivity contribution in [3.05, 3.63) is 0 Å². The van der Waals surface area contributed by atoms with E-state index in [-0.39, 0.29) is 37.0 Å². The molecular formula is C13H19F3N2O3. The quantitative estimate of drug-likeness (QED) is 0.832. The van der Waals surface area contributed by atoms with E-state index < -0.39 is 12.1 Å². The van der Waals surface area contributed by atoms with Gasteiger partial charge in [-0.15, -0.1) is 0 Å². The van der Waals surface area contributed by atoms with Crippen LogP contribution < -0.4 is 5.32 Å². The molecule has 1 saturated heterocycles. The van der Waals surface area contributed by atoms with Crippen molar-refractivity contribution in [2.24, 2.45) is 5.92 Å². The van der Waals surface area contributed by atoms with Crippen LogP contribution in [-0.2, 0) is 14.4 Å². The first-order valence-corrected chi connectivity index (χ1v) is 6.82. The topological polar surface area (TPSA) is 66.5 Å². The van der Waals surface area contributed by atoms with E-state index in [9.17, 15) is 27.6 Å². The number of Topliss-reactive ketones (excluding diaryl/α,β-unsaturated/α-hetero) is 1. The first-order valence-electron chi connectivity index (χ1n) is 6.82. The second-order valence-electron chi connectivity index (χ2n) is 5.23. The van der Waals surface area contributed by atoms with E-state index in [0.717, 1.165) is 0 Å². The molecule has 1 aliphatic heterocycles. The van der Waals surface area contributed by atoms with E-state index in [4.69, 9.17) is 0 Å². The van der Waals surface area contributed by atoms with Crippen LogP contribution in [0.25, 0.3) is 0 Å². The fraction of sp³-hybridized carbons (Fsp3) is 0.769. The van der Waals surface area contributed by atoms with Crippen LogP contribution in [0.2, 0.25) is 0 Å². The lowest BCUT2D eigenvalue weighted by molar-refractivity contribution is -0.173. The molecule has 0 bridgehead atoms. The molecule has 0 aromatic carbocycles. The van der Waals surface area contributed by atoms with Crippen LogP contribution in [0.4, 0.5) is 13.2 Å². The van der Waals surface area contributed by atoms with Crippen molar-refractivity contribution in [3.63, 3.8) is 0 Å². The molecule has 1 rings (SSSR count). The second-order valence-corrected chi connectivity index (χ2v) is 5.23. The third-order valence-corrected chi connectivity index (χ3v) is 3.47. The number of ketones is 1.